The quantitative estimate of drug-likeness (QED) is 0.342. The van der Waals surface area contributed by atoms with E-state index < -0.39 is 0 Å². The maximum atomic E-state index is 12.4. The average molecular weight is 431 g/mol. The van der Waals surface area contributed by atoms with Crippen LogP contribution in [-0.2, 0) is 17.8 Å². The molecule has 144 valence electrons. The Labute approximate surface area is 177 Å². The van der Waals surface area contributed by atoms with Crippen molar-refractivity contribution in [2.75, 3.05) is 11.1 Å². The molecule has 1 N–H and O–H groups in total. The summed E-state index contributed by atoms with van der Waals surface area (Å²) in [6.45, 7) is 4.09. The van der Waals surface area contributed by atoms with Crippen molar-refractivity contribution in [2.45, 2.75) is 17.9 Å². The first-order valence-corrected chi connectivity index (χ1v) is 10.8. The minimum Gasteiger partial charge on any atom is -0.486 e. The number of anilines is 1. The van der Waals surface area contributed by atoms with E-state index in [2.05, 4.69) is 16.9 Å². The number of carbonyl (C=O) groups is 1. The molecule has 0 fully saturated rings. The Balaban J connectivity index is 1.54. The summed E-state index contributed by atoms with van der Waals surface area (Å²) in [5.74, 6) is 1.42. The summed E-state index contributed by atoms with van der Waals surface area (Å²) >= 11 is 8.97. The summed E-state index contributed by atoms with van der Waals surface area (Å²) in [4.78, 5) is 17.9. The van der Waals surface area contributed by atoms with Crippen LogP contribution in [0.25, 0.3) is 0 Å². The smallest absolute Gasteiger partial charge is 0.230 e. The summed E-state index contributed by atoms with van der Waals surface area (Å²) in [6.07, 6.45) is 2.06. The lowest BCUT2D eigenvalue weighted by Gasteiger charge is -2.09. The molecular weight excluding hydrogens is 412 g/mol. The van der Waals surface area contributed by atoms with E-state index in [1.165, 1.54) is 11.3 Å². The van der Waals surface area contributed by atoms with E-state index in [0.29, 0.717) is 11.6 Å². The third-order valence-electron chi connectivity index (χ3n) is 3.63. The van der Waals surface area contributed by atoms with Crippen molar-refractivity contribution >= 4 is 46.3 Å². The molecule has 0 radical (unpaired) electrons. The molecule has 3 aromatic rings. The number of amides is 1. The number of ether oxygens (including phenoxy) is 1. The Morgan fingerprint density at radius 3 is 2.82 bits per heavy atom. The van der Waals surface area contributed by atoms with Gasteiger partial charge in [0, 0.05) is 21.1 Å². The molecule has 1 aromatic heterocycles. The van der Waals surface area contributed by atoms with Gasteiger partial charge >= 0.3 is 0 Å². The molecular formula is C21H19ClN2O2S2. The van der Waals surface area contributed by atoms with Gasteiger partial charge in [0.05, 0.1) is 17.8 Å². The Morgan fingerprint density at radius 2 is 2.04 bits per heavy atom. The highest BCUT2D eigenvalue weighted by Crippen LogP contribution is 2.27. The van der Waals surface area contributed by atoms with Crippen LogP contribution in [0.15, 0.2) is 71.5 Å². The minimum absolute atomic E-state index is 0.0953. The number of hydrogen-bond acceptors (Lipinski definition) is 5. The number of carbonyl (C=O) groups excluding carboxylic acids is 1. The van der Waals surface area contributed by atoms with Gasteiger partial charge in [-0.1, -0.05) is 29.8 Å². The largest absolute Gasteiger partial charge is 0.486 e. The van der Waals surface area contributed by atoms with Gasteiger partial charge in [0.2, 0.25) is 5.91 Å². The van der Waals surface area contributed by atoms with E-state index in [0.717, 1.165) is 32.8 Å². The van der Waals surface area contributed by atoms with Gasteiger partial charge in [-0.2, -0.15) is 0 Å². The molecule has 1 amide bonds. The minimum atomic E-state index is -0.0953. The second-order valence-electron chi connectivity index (χ2n) is 5.80. The molecule has 1 heterocycles. The molecule has 0 aliphatic carbocycles. The van der Waals surface area contributed by atoms with Crippen LogP contribution in [0.2, 0.25) is 5.02 Å². The van der Waals surface area contributed by atoms with Crippen molar-refractivity contribution in [3.05, 3.63) is 82.3 Å². The molecule has 4 nitrogen and oxygen atoms in total. The molecule has 0 saturated heterocycles. The number of thiazole rings is 1. The third kappa shape index (κ3) is 6.12. The number of aromatic nitrogens is 1. The van der Waals surface area contributed by atoms with Gasteiger partial charge in [-0.15, -0.1) is 29.7 Å². The van der Waals surface area contributed by atoms with E-state index in [9.17, 15) is 4.79 Å². The van der Waals surface area contributed by atoms with Gasteiger partial charge in [0.1, 0.15) is 17.4 Å². The highest BCUT2D eigenvalue weighted by atomic mass is 35.5. The lowest BCUT2D eigenvalue weighted by Crippen LogP contribution is -2.15. The van der Waals surface area contributed by atoms with Crippen LogP contribution >= 0.6 is 34.7 Å². The molecule has 0 saturated carbocycles. The highest BCUT2D eigenvalue weighted by molar-refractivity contribution is 7.99. The van der Waals surface area contributed by atoms with E-state index >= 15 is 0 Å². The van der Waals surface area contributed by atoms with E-state index in [1.807, 2.05) is 47.9 Å². The van der Waals surface area contributed by atoms with Crippen LogP contribution in [0.5, 0.6) is 5.75 Å². The van der Waals surface area contributed by atoms with Crippen LogP contribution < -0.4 is 10.1 Å². The Bertz CT molecular complexity index is 942. The van der Waals surface area contributed by atoms with Gasteiger partial charge in [-0.25, -0.2) is 4.98 Å². The van der Waals surface area contributed by atoms with Crippen LogP contribution in [0.3, 0.4) is 0 Å². The van der Waals surface area contributed by atoms with Crippen molar-refractivity contribution in [1.82, 2.24) is 4.98 Å². The SMILES string of the molecule is C=CCSc1ccccc1NC(=O)Cc1csc(COc2ccc(Cl)cc2)n1. The Hall–Kier alpha value is -2.28. The highest BCUT2D eigenvalue weighted by Gasteiger charge is 2.11. The average Bonchev–Trinajstić information content (AvgIpc) is 3.14. The second kappa shape index (κ2) is 10.3. The molecule has 0 atom stereocenters. The summed E-state index contributed by atoms with van der Waals surface area (Å²) in [6, 6.07) is 14.9. The first-order valence-electron chi connectivity index (χ1n) is 8.58. The van der Waals surface area contributed by atoms with Gasteiger partial charge in [0.15, 0.2) is 0 Å². The second-order valence-corrected chi connectivity index (χ2v) is 8.24. The molecule has 28 heavy (non-hydrogen) atoms. The summed E-state index contributed by atoms with van der Waals surface area (Å²) in [5.41, 5.74) is 1.54. The van der Waals surface area contributed by atoms with Gasteiger partial charge in [-0.3, -0.25) is 4.79 Å². The summed E-state index contributed by atoms with van der Waals surface area (Å²) < 4.78 is 5.69. The van der Waals surface area contributed by atoms with Crippen molar-refractivity contribution in [1.29, 1.82) is 0 Å². The monoisotopic (exact) mass is 430 g/mol. The van der Waals surface area contributed by atoms with Crippen molar-refractivity contribution in [3.63, 3.8) is 0 Å². The molecule has 7 heteroatoms. The zero-order valence-electron chi connectivity index (χ0n) is 15.1. The third-order valence-corrected chi connectivity index (χ3v) is 5.83. The Morgan fingerprint density at radius 1 is 1.25 bits per heavy atom. The molecule has 0 bridgehead atoms. The lowest BCUT2D eigenvalue weighted by atomic mass is 10.3. The van der Waals surface area contributed by atoms with Crippen LogP contribution in [0, 0.1) is 0 Å². The first-order chi connectivity index (χ1) is 13.6. The number of halogens is 1. The van der Waals surface area contributed by atoms with Crippen molar-refractivity contribution in [2.24, 2.45) is 0 Å². The predicted octanol–water partition coefficient (Wildman–Crippen LogP) is 5.83. The van der Waals surface area contributed by atoms with Gasteiger partial charge in [0.25, 0.3) is 0 Å². The summed E-state index contributed by atoms with van der Waals surface area (Å²) in [7, 11) is 0. The number of rotatable bonds is 9. The number of nitrogens with zero attached hydrogens (tertiary/aromatic N) is 1. The molecule has 0 aliphatic heterocycles. The standard InChI is InChI=1S/C21H19ClN2O2S2/c1-2-11-27-19-6-4-3-5-18(19)24-20(25)12-16-14-28-21(23-16)13-26-17-9-7-15(22)8-10-17/h2-10,14H,1,11-13H2,(H,24,25). The zero-order valence-corrected chi connectivity index (χ0v) is 17.4. The van der Waals surface area contributed by atoms with E-state index in [1.54, 1.807) is 23.9 Å². The lowest BCUT2D eigenvalue weighted by molar-refractivity contribution is -0.115. The maximum absolute atomic E-state index is 12.4. The fourth-order valence-corrected chi connectivity index (χ4v) is 3.95. The number of para-hydroxylation sites is 1. The number of benzene rings is 2. The fourth-order valence-electron chi connectivity index (χ4n) is 2.38. The number of nitrogens with one attached hydrogen (secondary N) is 1. The van der Waals surface area contributed by atoms with Crippen LogP contribution in [-0.4, -0.2) is 16.6 Å². The fraction of sp³-hybridized carbons (Fsp3) is 0.143. The predicted molar refractivity (Wildman–Crippen MR) is 118 cm³/mol. The molecule has 0 aliphatic rings. The topological polar surface area (TPSA) is 51.2 Å². The van der Waals surface area contributed by atoms with Gasteiger partial charge < -0.3 is 10.1 Å². The normalized spacial score (nSPS) is 10.5. The number of thioether (sulfide) groups is 1. The van der Waals surface area contributed by atoms with Crippen molar-refractivity contribution in [3.8, 4) is 5.75 Å². The molecule has 2 aromatic carbocycles. The number of hydrogen-bond donors (Lipinski definition) is 1. The molecule has 0 unspecified atom stereocenters. The molecule has 0 spiro atoms. The first kappa shape index (κ1) is 20.5. The Kier molecular flexibility index (Phi) is 7.54. The van der Waals surface area contributed by atoms with Crippen LogP contribution in [0.1, 0.15) is 10.7 Å². The molecule has 3 rings (SSSR count). The zero-order chi connectivity index (χ0) is 19.8. The summed E-state index contributed by atoms with van der Waals surface area (Å²) in [5, 5.41) is 6.34. The van der Waals surface area contributed by atoms with Crippen molar-refractivity contribution < 1.29 is 9.53 Å². The van der Waals surface area contributed by atoms with E-state index in [4.69, 9.17) is 16.3 Å². The van der Waals surface area contributed by atoms with E-state index in [-0.39, 0.29) is 12.3 Å². The maximum Gasteiger partial charge on any atom is 0.230 e. The van der Waals surface area contributed by atoms with Gasteiger partial charge in [-0.05, 0) is 36.4 Å². The van der Waals surface area contributed by atoms with Crippen LogP contribution in [0.4, 0.5) is 5.69 Å².